The molecule has 3 rings (SSSR count). The van der Waals surface area contributed by atoms with E-state index in [1.165, 1.54) is 0 Å². The Balaban J connectivity index is 2.01. The molecule has 3 unspecified atom stereocenters. The van der Waals surface area contributed by atoms with E-state index in [0.29, 0.717) is 30.3 Å². The third-order valence-electron chi connectivity index (χ3n) is 6.06. The molecule has 2 nitrogen and oxygen atoms in total. The van der Waals surface area contributed by atoms with Gasteiger partial charge in [-0.3, -0.25) is 9.59 Å². The fourth-order valence-electron chi connectivity index (χ4n) is 4.64. The molecule has 0 N–H and O–H groups in total. The van der Waals surface area contributed by atoms with E-state index < -0.39 is 0 Å². The van der Waals surface area contributed by atoms with Crippen LogP contribution in [0.15, 0.2) is 0 Å². The normalized spacial score (nSPS) is 49.6. The summed E-state index contributed by atoms with van der Waals surface area (Å²) in [6, 6.07) is 0. The molecule has 0 aromatic heterocycles. The summed E-state index contributed by atoms with van der Waals surface area (Å²) in [6.07, 6.45) is 4.24. The number of fused-ring (bicyclic) bond motifs is 1. The lowest BCUT2D eigenvalue weighted by molar-refractivity contribution is -0.120. The van der Waals surface area contributed by atoms with Gasteiger partial charge in [-0.2, -0.15) is 0 Å². The Kier molecular flexibility index (Phi) is 1.70. The van der Waals surface area contributed by atoms with Gasteiger partial charge in [0.2, 0.25) is 0 Å². The van der Waals surface area contributed by atoms with Gasteiger partial charge >= 0.3 is 0 Å². The van der Waals surface area contributed by atoms with Crippen LogP contribution in [0.1, 0.15) is 52.9 Å². The summed E-state index contributed by atoms with van der Waals surface area (Å²) in [5.74, 6) is 1.14. The fourth-order valence-corrected chi connectivity index (χ4v) is 4.64. The standard InChI is InChI=1S/C14H20O2/c1-12(2)6-9(15)7-13(12,3)14-5-4-11(16)10(14)8-14/h10H,4-8H2,1-3H3. The number of hydrogen-bond donors (Lipinski definition) is 0. The molecule has 0 radical (unpaired) electrons. The van der Waals surface area contributed by atoms with E-state index in [2.05, 4.69) is 20.8 Å². The van der Waals surface area contributed by atoms with Crippen molar-refractivity contribution in [3.05, 3.63) is 0 Å². The van der Waals surface area contributed by atoms with Gasteiger partial charge in [-0.05, 0) is 29.1 Å². The summed E-state index contributed by atoms with van der Waals surface area (Å²) >= 11 is 0. The zero-order valence-corrected chi connectivity index (χ0v) is 10.4. The van der Waals surface area contributed by atoms with Crippen LogP contribution in [0.4, 0.5) is 0 Å². The van der Waals surface area contributed by atoms with E-state index >= 15 is 0 Å². The average Bonchev–Trinajstić information content (AvgIpc) is 2.75. The van der Waals surface area contributed by atoms with Crippen molar-refractivity contribution in [1.29, 1.82) is 0 Å². The van der Waals surface area contributed by atoms with Crippen LogP contribution in [0.5, 0.6) is 0 Å². The molecule has 2 heteroatoms. The van der Waals surface area contributed by atoms with Crippen molar-refractivity contribution in [3.8, 4) is 0 Å². The second kappa shape index (κ2) is 2.60. The van der Waals surface area contributed by atoms with Crippen molar-refractivity contribution in [1.82, 2.24) is 0 Å². The number of rotatable bonds is 1. The second-order valence-electron chi connectivity index (χ2n) is 6.99. The lowest BCUT2D eigenvalue weighted by Crippen LogP contribution is -2.38. The Hall–Kier alpha value is -0.660. The maximum atomic E-state index is 11.8. The Bertz CT molecular complexity index is 396. The van der Waals surface area contributed by atoms with Crippen molar-refractivity contribution in [2.45, 2.75) is 52.9 Å². The highest BCUT2D eigenvalue weighted by atomic mass is 16.1. The predicted molar refractivity (Wildman–Crippen MR) is 60.9 cm³/mol. The van der Waals surface area contributed by atoms with Crippen molar-refractivity contribution < 1.29 is 9.59 Å². The van der Waals surface area contributed by atoms with Crippen molar-refractivity contribution in [2.75, 3.05) is 0 Å². The molecule has 3 saturated carbocycles. The number of hydrogen-bond acceptors (Lipinski definition) is 2. The monoisotopic (exact) mass is 220 g/mol. The van der Waals surface area contributed by atoms with E-state index in [1.807, 2.05) is 0 Å². The van der Waals surface area contributed by atoms with Crippen LogP contribution in [0, 0.1) is 22.2 Å². The van der Waals surface area contributed by atoms with Gasteiger partial charge in [0.1, 0.15) is 11.6 Å². The van der Waals surface area contributed by atoms with E-state index in [4.69, 9.17) is 0 Å². The molecule has 0 bridgehead atoms. The van der Waals surface area contributed by atoms with E-state index in [-0.39, 0.29) is 16.2 Å². The number of carbonyl (C=O) groups excluding carboxylic acids is 2. The van der Waals surface area contributed by atoms with Gasteiger partial charge in [0.15, 0.2) is 0 Å². The third kappa shape index (κ3) is 0.946. The first-order chi connectivity index (χ1) is 7.32. The SMILES string of the molecule is CC1(C)CC(=O)CC1(C)C12CCC(=O)C1C2. The first kappa shape index (κ1) is 10.5. The Morgan fingerprint density at radius 2 is 1.81 bits per heavy atom. The molecule has 0 aromatic rings. The average molecular weight is 220 g/mol. The molecule has 0 saturated heterocycles. The van der Waals surface area contributed by atoms with Gasteiger partial charge in [-0.25, -0.2) is 0 Å². The summed E-state index contributed by atoms with van der Waals surface area (Å²) < 4.78 is 0. The van der Waals surface area contributed by atoms with Crippen LogP contribution in [-0.4, -0.2) is 11.6 Å². The molecule has 3 aliphatic rings. The molecule has 3 aliphatic carbocycles. The third-order valence-corrected chi connectivity index (χ3v) is 6.06. The first-order valence-electron chi connectivity index (χ1n) is 6.37. The fraction of sp³-hybridized carbons (Fsp3) is 0.857. The Morgan fingerprint density at radius 1 is 1.12 bits per heavy atom. The summed E-state index contributed by atoms with van der Waals surface area (Å²) in [6.45, 7) is 6.69. The van der Waals surface area contributed by atoms with Crippen LogP contribution in [0.25, 0.3) is 0 Å². The molecule has 0 aliphatic heterocycles. The van der Waals surface area contributed by atoms with Crippen LogP contribution in [0.2, 0.25) is 0 Å². The molecular formula is C14H20O2. The quantitative estimate of drug-likeness (QED) is 0.681. The maximum Gasteiger partial charge on any atom is 0.136 e. The lowest BCUT2D eigenvalue weighted by atomic mass is 9.59. The van der Waals surface area contributed by atoms with E-state index in [1.54, 1.807) is 0 Å². The van der Waals surface area contributed by atoms with Gasteiger partial charge in [-0.15, -0.1) is 0 Å². The zero-order chi connectivity index (χ0) is 11.8. The summed E-state index contributed by atoms with van der Waals surface area (Å²) in [5.41, 5.74) is 0.330. The van der Waals surface area contributed by atoms with Gasteiger partial charge in [0.05, 0.1) is 0 Å². The highest BCUT2D eigenvalue weighted by Gasteiger charge is 2.74. The van der Waals surface area contributed by atoms with Gasteiger partial charge in [-0.1, -0.05) is 20.8 Å². The highest BCUT2D eigenvalue weighted by Crippen LogP contribution is 2.77. The Morgan fingerprint density at radius 3 is 2.19 bits per heavy atom. The maximum absolute atomic E-state index is 11.8. The summed E-state index contributed by atoms with van der Waals surface area (Å²) in [5, 5.41) is 0. The van der Waals surface area contributed by atoms with Crippen molar-refractivity contribution >= 4 is 11.6 Å². The topological polar surface area (TPSA) is 34.1 Å². The van der Waals surface area contributed by atoms with Gasteiger partial charge in [0.25, 0.3) is 0 Å². The molecular weight excluding hydrogens is 200 g/mol. The lowest BCUT2D eigenvalue weighted by Gasteiger charge is -2.44. The molecule has 0 aromatic carbocycles. The molecule has 88 valence electrons. The van der Waals surface area contributed by atoms with Crippen LogP contribution in [0.3, 0.4) is 0 Å². The number of ketones is 2. The summed E-state index contributed by atoms with van der Waals surface area (Å²) in [7, 11) is 0. The zero-order valence-electron chi connectivity index (χ0n) is 10.4. The van der Waals surface area contributed by atoms with Gasteiger partial charge in [0, 0.05) is 25.2 Å². The first-order valence-corrected chi connectivity index (χ1v) is 6.37. The minimum atomic E-state index is 0.0634. The van der Waals surface area contributed by atoms with Crippen LogP contribution >= 0.6 is 0 Å². The molecule has 0 spiro atoms. The minimum Gasteiger partial charge on any atom is -0.300 e. The van der Waals surface area contributed by atoms with Crippen LogP contribution in [-0.2, 0) is 9.59 Å². The second-order valence-corrected chi connectivity index (χ2v) is 6.99. The van der Waals surface area contributed by atoms with Crippen molar-refractivity contribution in [3.63, 3.8) is 0 Å². The largest absolute Gasteiger partial charge is 0.300 e. The van der Waals surface area contributed by atoms with E-state index in [0.717, 1.165) is 19.3 Å². The van der Waals surface area contributed by atoms with Crippen LogP contribution < -0.4 is 0 Å². The molecule has 3 atom stereocenters. The molecule has 0 amide bonds. The molecule has 16 heavy (non-hydrogen) atoms. The summed E-state index contributed by atoms with van der Waals surface area (Å²) in [4.78, 5) is 23.5. The highest BCUT2D eigenvalue weighted by molar-refractivity contribution is 5.89. The smallest absolute Gasteiger partial charge is 0.136 e. The minimum absolute atomic E-state index is 0.0634. The predicted octanol–water partition coefficient (Wildman–Crippen LogP) is 2.75. The van der Waals surface area contributed by atoms with Crippen molar-refractivity contribution in [2.24, 2.45) is 22.2 Å². The molecule has 0 heterocycles. The van der Waals surface area contributed by atoms with Gasteiger partial charge < -0.3 is 0 Å². The Labute approximate surface area is 96.8 Å². The number of carbonyl (C=O) groups is 2. The number of Topliss-reactive ketones (excluding diaryl/α,β-unsaturated/α-hetero) is 2. The van der Waals surface area contributed by atoms with E-state index in [9.17, 15) is 9.59 Å². The molecule has 3 fully saturated rings.